The molecule has 0 unspecified atom stereocenters. The van der Waals surface area contributed by atoms with Crippen LogP contribution in [0.1, 0.15) is 43.5 Å². The van der Waals surface area contributed by atoms with Gasteiger partial charge >= 0.3 is 5.97 Å². The lowest BCUT2D eigenvalue weighted by molar-refractivity contribution is -0.153. The first kappa shape index (κ1) is 20.7. The Morgan fingerprint density at radius 3 is 2.23 bits per heavy atom. The molecule has 3 aromatic carbocycles. The fraction of sp³-hybridized carbons (Fsp3) is 0.231. The molecule has 1 amide bonds. The van der Waals surface area contributed by atoms with Gasteiger partial charge in [-0.2, -0.15) is 0 Å². The van der Waals surface area contributed by atoms with Crippen LogP contribution in [0.25, 0.3) is 0 Å². The van der Waals surface area contributed by atoms with Crippen LogP contribution < -0.4 is 10.2 Å². The molecule has 1 N–H and O–H groups in total. The topological polar surface area (TPSA) is 58.6 Å². The second-order valence-electron chi connectivity index (χ2n) is 7.81. The first-order chi connectivity index (χ1) is 15.0. The lowest BCUT2D eigenvalue weighted by Crippen LogP contribution is -2.47. The van der Waals surface area contributed by atoms with Gasteiger partial charge in [0.25, 0.3) is 5.91 Å². The number of amides is 1. The highest BCUT2D eigenvalue weighted by molar-refractivity contribution is 5.99. The second kappa shape index (κ2) is 9.04. The lowest BCUT2D eigenvalue weighted by Gasteiger charge is -2.41. The van der Waals surface area contributed by atoms with E-state index in [1.54, 1.807) is 4.90 Å². The molecule has 4 rings (SSSR count). The average Bonchev–Trinajstić information content (AvgIpc) is 2.78. The van der Waals surface area contributed by atoms with Crippen LogP contribution in [0.2, 0.25) is 0 Å². The average molecular weight is 415 g/mol. The van der Waals surface area contributed by atoms with Crippen molar-refractivity contribution < 1.29 is 14.3 Å². The molecule has 0 aromatic heterocycles. The van der Waals surface area contributed by atoms with Crippen molar-refractivity contribution in [2.24, 2.45) is 0 Å². The number of nitrogens with one attached hydrogen (secondary N) is 1. The van der Waals surface area contributed by atoms with Gasteiger partial charge < -0.3 is 15.0 Å². The predicted octanol–water partition coefficient (Wildman–Crippen LogP) is 5.27. The minimum atomic E-state index is -0.979. The van der Waals surface area contributed by atoms with E-state index in [1.165, 1.54) is 6.92 Å². The third-order valence-corrected chi connectivity index (χ3v) is 5.55. The Morgan fingerprint density at radius 1 is 0.935 bits per heavy atom. The fourth-order valence-electron chi connectivity index (χ4n) is 4.20. The first-order valence-corrected chi connectivity index (χ1v) is 10.5. The number of benzene rings is 3. The summed E-state index contributed by atoms with van der Waals surface area (Å²) in [5.41, 5.74) is 3.59. The van der Waals surface area contributed by atoms with Crippen molar-refractivity contribution >= 4 is 23.3 Å². The van der Waals surface area contributed by atoms with Gasteiger partial charge in [-0.3, -0.25) is 9.59 Å². The van der Waals surface area contributed by atoms with Gasteiger partial charge in [-0.15, -0.1) is 0 Å². The fourth-order valence-corrected chi connectivity index (χ4v) is 4.20. The highest BCUT2D eigenvalue weighted by atomic mass is 16.5. The van der Waals surface area contributed by atoms with Gasteiger partial charge in [-0.1, -0.05) is 66.7 Å². The number of esters is 1. The maximum atomic E-state index is 13.7. The Hall–Kier alpha value is -3.60. The second-order valence-corrected chi connectivity index (χ2v) is 7.81. The molecule has 3 atom stereocenters. The third kappa shape index (κ3) is 4.45. The van der Waals surface area contributed by atoms with Crippen LogP contribution in [-0.4, -0.2) is 17.9 Å². The number of anilines is 2. The summed E-state index contributed by atoms with van der Waals surface area (Å²) in [6.07, 6.45) is -0.244. The van der Waals surface area contributed by atoms with Gasteiger partial charge in [0.05, 0.1) is 6.04 Å². The van der Waals surface area contributed by atoms with E-state index < -0.39 is 12.1 Å². The number of carbonyl (C=O) groups is 2. The van der Waals surface area contributed by atoms with Gasteiger partial charge in [0.2, 0.25) is 6.10 Å². The molecule has 3 aromatic rings. The van der Waals surface area contributed by atoms with Crippen LogP contribution in [-0.2, 0) is 14.3 Å². The van der Waals surface area contributed by atoms with Crippen molar-refractivity contribution in [1.29, 1.82) is 0 Å². The minimum absolute atomic E-state index is 0.0709. The zero-order chi connectivity index (χ0) is 21.8. The van der Waals surface area contributed by atoms with Gasteiger partial charge in [0, 0.05) is 29.9 Å². The molecule has 0 radical (unpaired) electrons. The molecule has 31 heavy (non-hydrogen) atoms. The minimum Gasteiger partial charge on any atom is -0.447 e. The van der Waals surface area contributed by atoms with Crippen LogP contribution in [0.4, 0.5) is 11.4 Å². The first-order valence-electron chi connectivity index (χ1n) is 10.5. The Labute approximate surface area is 182 Å². The normalized spacial score (nSPS) is 18.6. The van der Waals surface area contributed by atoms with Gasteiger partial charge in [-0.05, 0) is 37.1 Å². The third-order valence-electron chi connectivity index (χ3n) is 5.55. The molecule has 1 aliphatic heterocycles. The molecule has 1 heterocycles. The SMILES string of the molecule is CC(=O)O[C@H](C(=O)N1c2ccccc2[C@@H](Nc2ccccc2)C[C@H]1C)c1ccccc1. The summed E-state index contributed by atoms with van der Waals surface area (Å²) in [6.45, 7) is 3.36. The van der Waals surface area contributed by atoms with Crippen LogP contribution in [0, 0.1) is 0 Å². The molecular formula is C26H26N2O3. The Balaban J connectivity index is 1.69. The van der Waals surface area contributed by atoms with E-state index in [-0.39, 0.29) is 18.0 Å². The van der Waals surface area contributed by atoms with Crippen molar-refractivity contribution in [3.8, 4) is 0 Å². The number of carbonyl (C=O) groups excluding carboxylic acids is 2. The standard InChI is InChI=1S/C26H26N2O3/c1-18-17-23(27-21-13-7-4-8-14-21)22-15-9-10-16-24(22)28(18)26(30)25(31-19(2)29)20-11-5-3-6-12-20/h3-16,18,23,25,27H,17H2,1-2H3/t18-,23+,25+/m1/s1. The Bertz CT molecular complexity index is 1050. The van der Waals surface area contributed by atoms with E-state index in [4.69, 9.17) is 4.74 Å². The number of nitrogens with zero attached hydrogens (tertiary/aromatic N) is 1. The zero-order valence-electron chi connectivity index (χ0n) is 17.7. The highest BCUT2D eigenvalue weighted by Gasteiger charge is 2.38. The number of hydrogen-bond donors (Lipinski definition) is 1. The smallest absolute Gasteiger partial charge is 0.303 e. The van der Waals surface area contributed by atoms with E-state index in [0.717, 1.165) is 23.4 Å². The lowest BCUT2D eigenvalue weighted by atomic mass is 9.90. The molecule has 1 aliphatic rings. The van der Waals surface area contributed by atoms with E-state index >= 15 is 0 Å². The Morgan fingerprint density at radius 2 is 1.55 bits per heavy atom. The van der Waals surface area contributed by atoms with Crippen molar-refractivity contribution in [3.63, 3.8) is 0 Å². The van der Waals surface area contributed by atoms with Crippen LogP contribution >= 0.6 is 0 Å². The summed E-state index contributed by atoms with van der Waals surface area (Å²) in [5.74, 6) is -0.719. The molecule has 158 valence electrons. The quantitative estimate of drug-likeness (QED) is 0.578. The largest absolute Gasteiger partial charge is 0.447 e. The summed E-state index contributed by atoms with van der Waals surface area (Å²) in [7, 11) is 0. The summed E-state index contributed by atoms with van der Waals surface area (Å²) in [6, 6.07) is 27.2. The molecule has 5 nitrogen and oxygen atoms in total. The van der Waals surface area contributed by atoms with E-state index in [9.17, 15) is 9.59 Å². The zero-order valence-corrected chi connectivity index (χ0v) is 17.7. The van der Waals surface area contributed by atoms with Crippen molar-refractivity contribution in [2.45, 2.75) is 38.5 Å². The molecule has 0 aliphatic carbocycles. The summed E-state index contributed by atoms with van der Waals surface area (Å²) >= 11 is 0. The number of hydrogen-bond acceptors (Lipinski definition) is 4. The van der Waals surface area contributed by atoms with Crippen molar-refractivity contribution in [2.75, 3.05) is 10.2 Å². The highest BCUT2D eigenvalue weighted by Crippen LogP contribution is 2.40. The van der Waals surface area contributed by atoms with Crippen LogP contribution in [0.3, 0.4) is 0 Å². The summed E-state index contributed by atoms with van der Waals surface area (Å²) in [5, 5.41) is 3.60. The van der Waals surface area contributed by atoms with Crippen molar-refractivity contribution in [3.05, 3.63) is 96.1 Å². The predicted molar refractivity (Wildman–Crippen MR) is 122 cm³/mol. The molecule has 0 saturated heterocycles. The maximum Gasteiger partial charge on any atom is 0.303 e. The molecule has 0 saturated carbocycles. The van der Waals surface area contributed by atoms with Crippen LogP contribution in [0.5, 0.6) is 0 Å². The number of rotatable bonds is 5. The van der Waals surface area contributed by atoms with E-state index in [2.05, 4.69) is 5.32 Å². The molecule has 0 fully saturated rings. The number of ether oxygens (including phenoxy) is 1. The number of fused-ring (bicyclic) bond motifs is 1. The Kier molecular flexibility index (Phi) is 6.03. The summed E-state index contributed by atoms with van der Waals surface area (Å²) in [4.78, 5) is 27.3. The molecule has 0 spiro atoms. The van der Waals surface area contributed by atoms with Gasteiger partial charge in [0.1, 0.15) is 0 Å². The summed E-state index contributed by atoms with van der Waals surface area (Å²) < 4.78 is 5.49. The number of para-hydroxylation sites is 2. The van der Waals surface area contributed by atoms with Crippen molar-refractivity contribution in [1.82, 2.24) is 0 Å². The van der Waals surface area contributed by atoms with Gasteiger partial charge in [0.15, 0.2) is 0 Å². The van der Waals surface area contributed by atoms with E-state index in [0.29, 0.717) is 5.56 Å². The molecule has 5 heteroatoms. The molecular weight excluding hydrogens is 388 g/mol. The van der Waals surface area contributed by atoms with Crippen LogP contribution in [0.15, 0.2) is 84.9 Å². The monoisotopic (exact) mass is 414 g/mol. The maximum absolute atomic E-state index is 13.7. The van der Waals surface area contributed by atoms with Gasteiger partial charge in [-0.25, -0.2) is 0 Å². The molecule has 0 bridgehead atoms. The van der Waals surface area contributed by atoms with E-state index in [1.807, 2.05) is 91.9 Å².